The van der Waals surface area contributed by atoms with Crippen LogP contribution in [0.15, 0.2) is 33.8 Å². The number of hydrogen-bond donors (Lipinski definition) is 3. The summed E-state index contributed by atoms with van der Waals surface area (Å²) in [6.45, 7) is 0. The van der Waals surface area contributed by atoms with E-state index in [1.54, 1.807) is 6.21 Å². The van der Waals surface area contributed by atoms with Crippen molar-refractivity contribution in [2.75, 3.05) is 0 Å². The van der Waals surface area contributed by atoms with Crippen LogP contribution in [0.5, 0.6) is 0 Å². The molecule has 0 aromatic heterocycles. The fourth-order valence-corrected chi connectivity index (χ4v) is 1.19. The Morgan fingerprint density at radius 3 is 2.85 bits per heavy atom. The van der Waals surface area contributed by atoms with Gasteiger partial charge in [-0.1, -0.05) is 22.0 Å². The lowest BCUT2D eigenvalue weighted by atomic mass is 10.2. The van der Waals surface area contributed by atoms with E-state index in [1.165, 1.54) is 0 Å². The number of guanidine groups is 1. The molecular formula is C8H10BrN4+. The number of benzene rings is 1. The summed E-state index contributed by atoms with van der Waals surface area (Å²) in [6, 6.07) is 7.74. The van der Waals surface area contributed by atoms with Gasteiger partial charge < -0.3 is 11.5 Å². The Labute approximate surface area is 84.5 Å². The molecule has 0 fully saturated rings. The van der Waals surface area contributed by atoms with Crippen molar-refractivity contribution in [3.63, 3.8) is 0 Å². The Balaban J connectivity index is 2.75. The van der Waals surface area contributed by atoms with E-state index < -0.39 is 0 Å². The summed E-state index contributed by atoms with van der Waals surface area (Å²) in [5, 5.41) is 6.22. The molecule has 68 valence electrons. The second kappa shape index (κ2) is 4.61. The molecular weight excluding hydrogens is 232 g/mol. The number of halogens is 1. The predicted octanol–water partition coefficient (Wildman–Crippen LogP) is -0.863. The lowest BCUT2D eigenvalue weighted by Gasteiger charge is -1.88. The third-order valence-electron chi connectivity index (χ3n) is 1.27. The van der Waals surface area contributed by atoms with Crippen LogP contribution in [0, 0.1) is 0 Å². The zero-order valence-corrected chi connectivity index (χ0v) is 8.45. The molecule has 0 bridgehead atoms. The molecule has 0 unspecified atom stereocenters. The molecule has 1 aromatic rings. The summed E-state index contributed by atoms with van der Waals surface area (Å²) in [5.41, 5.74) is 11.2. The SMILES string of the molecule is NC(N)=N/[NH+]=C\c1cccc(Br)c1. The van der Waals surface area contributed by atoms with Gasteiger partial charge in [0.1, 0.15) is 0 Å². The van der Waals surface area contributed by atoms with Gasteiger partial charge in [-0.3, -0.25) is 0 Å². The summed E-state index contributed by atoms with van der Waals surface area (Å²) >= 11 is 3.35. The minimum Gasteiger partial charge on any atom is -0.365 e. The highest BCUT2D eigenvalue weighted by Crippen LogP contribution is 2.09. The first-order valence-electron chi connectivity index (χ1n) is 3.61. The Kier molecular flexibility index (Phi) is 3.45. The molecule has 0 saturated heterocycles. The fourth-order valence-electron chi connectivity index (χ4n) is 0.778. The quantitative estimate of drug-likeness (QED) is 0.358. The second-order valence-electron chi connectivity index (χ2n) is 2.37. The molecule has 0 radical (unpaired) electrons. The van der Waals surface area contributed by atoms with Gasteiger partial charge in [-0.15, -0.1) is 5.10 Å². The molecule has 0 aliphatic rings. The first-order chi connectivity index (χ1) is 6.18. The monoisotopic (exact) mass is 241 g/mol. The molecule has 0 aliphatic heterocycles. The minimum absolute atomic E-state index is 0.00578. The van der Waals surface area contributed by atoms with Crippen LogP contribution in [0.25, 0.3) is 0 Å². The van der Waals surface area contributed by atoms with Crippen LogP contribution in [0.2, 0.25) is 0 Å². The molecule has 0 saturated carbocycles. The summed E-state index contributed by atoms with van der Waals surface area (Å²) < 4.78 is 1.01. The average molecular weight is 242 g/mol. The van der Waals surface area contributed by atoms with Gasteiger partial charge in [-0.25, -0.2) is 0 Å². The van der Waals surface area contributed by atoms with Crippen LogP contribution < -0.4 is 16.6 Å². The van der Waals surface area contributed by atoms with Crippen molar-refractivity contribution < 1.29 is 5.10 Å². The van der Waals surface area contributed by atoms with E-state index >= 15 is 0 Å². The molecule has 5 heteroatoms. The maximum absolute atomic E-state index is 5.12. The van der Waals surface area contributed by atoms with Gasteiger partial charge in [0.05, 0.1) is 0 Å². The van der Waals surface area contributed by atoms with Crippen molar-refractivity contribution in [3.05, 3.63) is 34.3 Å². The van der Waals surface area contributed by atoms with Gasteiger partial charge in [0.15, 0.2) is 0 Å². The molecule has 0 amide bonds. The van der Waals surface area contributed by atoms with Gasteiger partial charge in [-0.05, 0) is 18.2 Å². The topological polar surface area (TPSA) is 78.4 Å². The van der Waals surface area contributed by atoms with E-state index in [1.807, 2.05) is 24.3 Å². The first kappa shape index (κ1) is 9.73. The van der Waals surface area contributed by atoms with Crippen LogP contribution >= 0.6 is 15.9 Å². The number of nitrogens with zero attached hydrogens (tertiary/aromatic N) is 1. The zero-order chi connectivity index (χ0) is 9.68. The smallest absolute Gasteiger partial charge is 0.256 e. The van der Waals surface area contributed by atoms with Crippen LogP contribution in [-0.4, -0.2) is 12.2 Å². The van der Waals surface area contributed by atoms with E-state index in [2.05, 4.69) is 26.1 Å². The second-order valence-corrected chi connectivity index (χ2v) is 3.28. The standard InChI is InChI=1S/C8H9BrN4/c9-7-3-1-2-6(4-7)5-12-13-8(10)11/h1-5H,(H4,10,11,13)/p+1/b12-5-. The van der Waals surface area contributed by atoms with Crippen LogP contribution in [0.3, 0.4) is 0 Å². The van der Waals surface area contributed by atoms with E-state index in [-0.39, 0.29) is 5.96 Å². The van der Waals surface area contributed by atoms with E-state index in [0.717, 1.165) is 10.0 Å². The Morgan fingerprint density at radius 2 is 2.23 bits per heavy atom. The maximum atomic E-state index is 5.12. The van der Waals surface area contributed by atoms with Gasteiger partial charge in [0.25, 0.3) is 5.96 Å². The third-order valence-corrected chi connectivity index (χ3v) is 1.77. The van der Waals surface area contributed by atoms with Crippen LogP contribution in [0.1, 0.15) is 5.56 Å². The van der Waals surface area contributed by atoms with Crippen LogP contribution in [-0.2, 0) is 0 Å². The molecule has 1 rings (SSSR count). The molecule has 0 aliphatic carbocycles. The summed E-state index contributed by atoms with van der Waals surface area (Å²) in [4.78, 5) is 0. The molecule has 0 spiro atoms. The normalized spacial score (nSPS) is 10.2. The average Bonchev–Trinajstić information content (AvgIpc) is 2.03. The molecule has 4 nitrogen and oxygen atoms in total. The molecule has 1 aromatic carbocycles. The summed E-state index contributed by atoms with van der Waals surface area (Å²) in [7, 11) is 0. The predicted molar refractivity (Wildman–Crippen MR) is 56.1 cm³/mol. The molecule has 0 atom stereocenters. The first-order valence-corrected chi connectivity index (χ1v) is 4.41. The van der Waals surface area contributed by atoms with Gasteiger partial charge in [0, 0.05) is 15.1 Å². The van der Waals surface area contributed by atoms with Gasteiger partial charge >= 0.3 is 0 Å². The van der Waals surface area contributed by atoms with E-state index in [0.29, 0.717) is 0 Å². The highest BCUT2D eigenvalue weighted by molar-refractivity contribution is 9.10. The maximum Gasteiger partial charge on any atom is 0.256 e. The highest BCUT2D eigenvalue weighted by Gasteiger charge is 1.91. The molecule has 0 heterocycles. The van der Waals surface area contributed by atoms with E-state index in [4.69, 9.17) is 11.5 Å². The summed E-state index contributed by atoms with van der Waals surface area (Å²) in [5.74, 6) is 0.00578. The van der Waals surface area contributed by atoms with Crippen molar-refractivity contribution in [1.29, 1.82) is 0 Å². The number of rotatable bonds is 2. The van der Waals surface area contributed by atoms with Gasteiger partial charge in [0.2, 0.25) is 6.21 Å². The van der Waals surface area contributed by atoms with E-state index in [9.17, 15) is 0 Å². The van der Waals surface area contributed by atoms with Crippen LogP contribution in [0.4, 0.5) is 0 Å². The minimum atomic E-state index is 0.00578. The fraction of sp³-hybridized carbons (Fsp3) is 0. The van der Waals surface area contributed by atoms with Crippen molar-refractivity contribution in [1.82, 2.24) is 0 Å². The summed E-state index contributed by atoms with van der Waals surface area (Å²) in [6.07, 6.45) is 1.70. The highest BCUT2D eigenvalue weighted by atomic mass is 79.9. The number of hydrogen-bond acceptors (Lipinski definition) is 1. The lowest BCUT2D eigenvalue weighted by molar-refractivity contribution is -0.456. The van der Waals surface area contributed by atoms with Crippen molar-refractivity contribution in [2.45, 2.75) is 0 Å². The molecule has 13 heavy (non-hydrogen) atoms. The van der Waals surface area contributed by atoms with Gasteiger partial charge in [-0.2, -0.15) is 0 Å². The van der Waals surface area contributed by atoms with Crippen molar-refractivity contribution in [3.8, 4) is 0 Å². The molecule has 5 N–H and O–H groups in total. The zero-order valence-electron chi connectivity index (χ0n) is 6.87. The Hall–Kier alpha value is -1.36. The third kappa shape index (κ3) is 3.71. The Bertz CT molecular complexity index is 342. The number of nitrogens with two attached hydrogens (primary N) is 2. The van der Waals surface area contributed by atoms with Crippen molar-refractivity contribution in [2.24, 2.45) is 16.6 Å². The van der Waals surface area contributed by atoms with Crippen molar-refractivity contribution >= 4 is 28.1 Å². The Morgan fingerprint density at radius 1 is 1.46 bits per heavy atom. The lowest BCUT2D eigenvalue weighted by Crippen LogP contribution is -2.63. The number of hydrazone groups is 1. The number of nitrogens with one attached hydrogen (secondary N) is 1. The largest absolute Gasteiger partial charge is 0.365 e.